The number of hydrogen-bond acceptors (Lipinski definition) is 4. The number of nitrogens with one attached hydrogen (secondary N) is 1. The summed E-state index contributed by atoms with van der Waals surface area (Å²) in [5, 5.41) is 7.20. The summed E-state index contributed by atoms with van der Waals surface area (Å²) in [5.41, 5.74) is 3.11. The lowest BCUT2D eigenvalue weighted by Crippen LogP contribution is -2.13. The smallest absolute Gasteiger partial charge is 0.255 e. The molecule has 0 aliphatic carbocycles. The summed E-state index contributed by atoms with van der Waals surface area (Å²) >= 11 is 6.81. The fraction of sp³-hybridized carbons (Fsp3) is 0.120. The van der Waals surface area contributed by atoms with Gasteiger partial charge in [-0.2, -0.15) is 5.10 Å². The third-order valence-corrected chi connectivity index (χ3v) is 5.85. The Hall–Kier alpha value is -3.10. The standard InChI is InChI=1S/C25H21Br2N3O3/c1-32-24-11-4-18(12-19(24)16-33-23-9-5-20(26)6-10-23)25(31)29-22-7-2-17(3-8-22)14-30-15-21(27)13-28-30/h2-13,15H,14,16H2,1H3,(H,29,31). The summed E-state index contributed by atoms with van der Waals surface area (Å²) in [6.07, 6.45) is 3.67. The molecule has 0 unspecified atom stereocenters. The van der Waals surface area contributed by atoms with Crippen molar-refractivity contribution < 1.29 is 14.3 Å². The summed E-state index contributed by atoms with van der Waals surface area (Å²) in [6, 6.07) is 20.6. The van der Waals surface area contributed by atoms with Gasteiger partial charge in [-0.25, -0.2) is 0 Å². The minimum Gasteiger partial charge on any atom is -0.496 e. The average Bonchev–Trinajstić information content (AvgIpc) is 3.24. The van der Waals surface area contributed by atoms with Crippen molar-refractivity contribution >= 4 is 43.5 Å². The van der Waals surface area contributed by atoms with Gasteiger partial charge < -0.3 is 14.8 Å². The fourth-order valence-corrected chi connectivity index (χ4v) is 3.83. The maximum Gasteiger partial charge on any atom is 0.255 e. The Bertz CT molecular complexity index is 1240. The number of amides is 1. The van der Waals surface area contributed by atoms with Crippen molar-refractivity contribution in [3.8, 4) is 11.5 Å². The van der Waals surface area contributed by atoms with Crippen molar-refractivity contribution in [3.63, 3.8) is 0 Å². The molecule has 0 aliphatic heterocycles. The topological polar surface area (TPSA) is 65.4 Å². The van der Waals surface area contributed by atoms with Gasteiger partial charge in [-0.05, 0) is 76.1 Å². The Labute approximate surface area is 208 Å². The summed E-state index contributed by atoms with van der Waals surface area (Å²) in [7, 11) is 1.60. The van der Waals surface area contributed by atoms with Crippen molar-refractivity contribution in [2.75, 3.05) is 12.4 Å². The van der Waals surface area contributed by atoms with Crippen LogP contribution in [0.15, 0.2) is 88.1 Å². The monoisotopic (exact) mass is 569 g/mol. The summed E-state index contributed by atoms with van der Waals surface area (Å²) in [5.74, 6) is 1.20. The van der Waals surface area contributed by atoms with Gasteiger partial charge in [0.05, 0.1) is 24.3 Å². The second-order valence-electron chi connectivity index (χ2n) is 7.28. The molecule has 8 heteroatoms. The summed E-state index contributed by atoms with van der Waals surface area (Å²) < 4.78 is 15.1. The zero-order valence-electron chi connectivity index (χ0n) is 17.8. The summed E-state index contributed by atoms with van der Waals surface area (Å²) in [4.78, 5) is 12.8. The first-order chi connectivity index (χ1) is 16.0. The molecule has 3 aromatic carbocycles. The molecule has 0 bridgehead atoms. The number of rotatable bonds is 8. The number of carbonyl (C=O) groups is 1. The predicted octanol–water partition coefficient (Wildman–Crippen LogP) is 6.30. The van der Waals surface area contributed by atoms with E-state index in [9.17, 15) is 4.79 Å². The molecule has 4 aromatic rings. The van der Waals surface area contributed by atoms with E-state index in [0.29, 0.717) is 23.5 Å². The third kappa shape index (κ3) is 6.24. The second-order valence-corrected chi connectivity index (χ2v) is 9.11. The van der Waals surface area contributed by atoms with Gasteiger partial charge in [-0.1, -0.05) is 28.1 Å². The largest absolute Gasteiger partial charge is 0.496 e. The van der Waals surface area contributed by atoms with Crippen LogP contribution >= 0.6 is 31.9 Å². The van der Waals surface area contributed by atoms with Crippen LogP contribution in [-0.4, -0.2) is 22.8 Å². The van der Waals surface area contributed by atoms with Crippen molar-refractivity contribution in [3.05, 3.63) is 105 Å². The Morgan fingerprint density at radius 2 is 1.76 bits per heavy atom. The lowest BCUT2D eigenvalue weighted by Gasteiger charge is -2.13. The number of methoxy groups -OCH3 is 1. The van der Waals surface area contributed by atoms with Crippen LogP contribution < -0.4 is 14.8 Å². The van der Waals surface area contributed by atoms with E-state index in [0.717, 1.165) is 25.8 Å². The molecule has 0 fully saturated rings. The van der Waals surface area contributed by atoms with Crippen LogP contribution in [0, 0.1) is 0 Å². The molecule has 0 saturated carbocycles. The van der Waals surface area contributed by atoms with E-state index in [1.165, 1.54) is 0 Å². The number of carbonyl (C=O) groups excluding carboxylic acids is 1. The minimum atomic E-state index is -0.202. The van der Waals surface area contributed by atoms with E-state index < -0.39 is 0 Å². The van der Waals surface area contributed by atoms with Crippen LogP contribution in [0.3, 0.4) is 0 Å². The van der Waals surface area contributed by atoms with Crippen LogP contribution in [0.25, 0.3) is 0 Å². The van der Waals surface area contributed by atoms with E-state index in [1.54, 1.807) is 31.5 Å². The number of ether oxygens (including phenoxy) is 2. The highest BCUT2D eigenvalue weighted by Gasteiger charge is 2.12. The molecule has 0 radical (unpaired) electrons. The molecule has 0 aliphatic rings. The first-order valence-corrected chi connectivity index (χ1v) is 11.7. The molecule has 1 N–H and O–H groups in total. The molecular weight excluding hydrogens is 550 g/mol. The zero-order valence-corrected chi connectivity index (χ0v) is 21.0. The highest BCUT2D eigenvalue weighted by molar-refractivity contribution is 9.10. The maximum absolute atomic E-state index is 12.8. The van der Waals surface area contributed by atoms with Gasteiger partial charge in [-0.15, -0.1) is 0 Å². The van der Waals surface area contributed by atoms with Gasteiger partial charge in [0, 0.05) is 27.5 Å². The third-order valence-electron chi connectivity index (χ3n) is 4.91. The van der Waals surface area contributed by atoms with Crippen molar-refractivity contribution in [1.82, 2.24) is 9.78 Å². The van der Waals surface area contributed by atoms with Gasteiger partial charge in [0.15, 0.2) is 0 Å². The molecule has 0 atom stereocenters. The van der Waals surface area contributed by atoms with Gasteiger partial charge in [0.2, 0.25) is 0 Å². The number of nitrogens with zero attached hydrogens (tertiary/aromatic N) is 2. The van der Waals surface area contributed by atoms with E-state index >= 15 is 0 Å². The van der Waals surface area contributed by atoms with Crippen LogP contribution in [-0.2, 0) is 13.2 Å². The highest BCUT2D eigenvalue weighted by atomic mass is 79.9. The average molecular weight is 571 g/mol. The van der Waals surface area contributed by atoms with E-state index in [2.05, 4.69) is 42.3 Å². The molecule has 0 spiro atoms. The number of anilines is 1. The molecule has 1 aromatic heterocycles. The number of aromatic nitrogens is 2. The molecule has 33 heavy (non-hydrogen) atoms. The lowest BCUT2D eigenvalue weighted by atomic mass is 10.1. The second kappa shape index (κ2) is 10.7. The summed E-state index contributed by atoms with van der Waals surface area (Å²) in [6.45, 7) is 0.935. The molecule has 1 heterocycles. The Balaban J connectivity index is 1.41. The number of halogens is 2. The molecule has 4 rings (SSSR count). The van der Waals surface area contributed by atoms with Crippen molar-refractivity contribution in [2.45, 2.75) is 13.2 Å². The highest BCUT2D eigenvalue weighted by Crippen LogP contribution is 2.24. The molecule has 1 amide bonds. The van der Waals surface area contributed by atoms with E-state index in [4.69, 9.17) is 9.47 Å². The van der Waals surface area contributed by atoms with Crippen LogP contribution in [0.2, 0.25) is 0 Å². The number of hydrogen-bond donors (Lipinski definition) is 1. The normalized spacial score (nSPS) is 10.6. The first kappa shape index (κ1) is 23.1. The minimum absolute atomic E-state index is 0.202. The molecule has 168 valence electrons. The zero-order chi connectivity index (χ0) is 23.2. The first-order valence-electron chi connectivity index (χ1n) is 10.1. The van der Waals surface area contributed by atoms with Crippen molar-refractivity contribution in [2.24, 2.45) is 0 Å². The van der Waals surface area contributed by atoms with Gasteiger partial charge in [-0.3, -0.25) is 9.48 Å². The SMILES string of the molecule is COc1ccc(C(=O)Nc2ccc(Cn3cc(Br)cn3)cc2)cc1COc1ccc(Br)cc1. The van der Waals surface area contributed by atoms with Gasteiger partial charge in [0.1, 0.15) is 18.1 Å². The lowest BCUT2D eigenvalue weighted by molar-refractivity contribution is 0.102. The molecule has 6 nitrogen and oxygen atoms in total. The number of benzene rings is 3. The van der Waals surface area contributed by atoms with Crippen molar-refractivity contribution in [1.29, 1.82) is 0 Å². The quantitative estimate of drug-likeness (QED) is 0.270. The maximum atomic E-state index is 12.8. The Morgan fingerprint density at radius 3 is 2.42 bits per heavy atom. The van der Waals surface area contributed by atoms with E-state index in [1.807, 2.05) is 59.4 Å². The fourth-order valence-electron chi connectivity index (χ4n) is 3.23. The van der Waals surface area contributed by atoms with Gasteiger partial charge >= 0.3 is 0 Å². The van der Waals surface area contributed by atoms with E-state index in [-0.39, 0.29) is 12.5 Å². The van der Waals surface area contributed by atoms with Gasteiger partial charge in [0.25, 0.3) is 5.91 Å². The van der Waals surface area contributed by atoms with Crippen LogP contribution in [0.1, 0.15) is 21.5 Å². The Morgan fingerprint density at radius 1 is 1.00 bits per heavy atom. The predicted molar refractivity (Wildman–Crippen MR) is 135 cm³/mol. The molecular formula is C25H21Br2N3O3. The molecule has 0 saturated heterocycles. The van der Waals surface area contributed by atoms with Crippen LogP contribution in [0.5, 0.6) is 11.5 Å². The van der Waals surface area contributed by atoms with Crippen LogP contribution in [0.4, 0.5) is 5.69 Å². The Kier molecular flexibility index (Phi) is 7.47.